The third-order valence-corrected chi connectivity index (χ3v) is 4.57. The summed E-state index contributed by atoms with van der Waals surface area (Å²) in [5.74, 6) is 2.70. The van der Waals surface area contributed by atoms with Gasteiger partial charge in [0.25, 0.3) is 0 Å². The third-order valence-electron chi connectivity index (χ3n) is 4.57. The van der Waals surface area contributed by atoms with Crippen LogP contribution in [-0.4, -0.2) is 11.1 Å². The second kappa shape index (κ2) is 4.34. The van der Waals surface area contributed by atoms with E-state index in [9.17, 15) is 5.11 Å². The number of allylic oxidation sites excluding steroid dienone is 2. The van der Waals surface area contributed by atoms with E-state index >= 15 is 0 Å². The molecular weight excluding hydrogens is 222 g/mol. The maximum atomic E-state index is 9.43. The first-order valence-electron chi connectivity index (χ1n) is 6.88. The molecule has 4 atom stereocenters. The number of benzene rings is 1. The quantitative estimate of drug-likeness (QED) is 0.626. The molecule has 1 aromatic carbocycles. The summed E-state index contributed by atoms with van der Waals surface area (Å²) in [5.41, 5.74) is 2.26. The Balaban J connectivity index is 1.71. The zero-order valence-corrected chi connectivity index (χ0v) is 11.1. The number of phenolic OH excluding ortho intramolecular Hbond substituents is 1. The number of nitrogens with one attached hydrogen (secondary N) is 1. The molecule has 0 amide bonds. The van der Waals surface area contributed by atoms with Crippen molar-refractivity contribution in [3.63, 3.8) is 0 Å². The van der Waals surface area contributed by atoms with Crippen LogP contribution < -0.4 is 5.32 Å². The first-order chi connectivity index (χ1) is 8.63. The monoisotopic (exact) mass is 243 g/mol. The highest BCUT2D eigenvalue weighted by Crippen LogP contribution is 2.45. The van der Waals surface area contributed by atoms with Crippen LogP contribution >= 0.6 is 0 Å². The summed E-state index contributed by atoms with van der Waals surface area (Å²) >= 11 is 0. The molecule has 2 N–H and O–H groups in total. The van der Waals surface area contributed by atoms with Gasteiger partial charge in [0, 0.05) is 11.7 Å². The molecule has 0 aliphatic heterocycles. The summed E-state index contributed by atoms with van der Waals surface area (Å²) in [5, 5.41) is 13.1. The van der Waals surface area contributed by atoms with Crippen molar-refractivity contribution >= 4 is 5.69 Å². The van der Waals surface area contributed by atoms with Gasteiger partial charge < -0.3 is 10.4 Å². The molecule has 1 fully saturated rings. The SMILES string of the molecule is Cc1cc(O)ccc1NC(C)C1CC2C=CC1C2. The maximum Gasteiger partial charge on any atom is 0.115 e. The maximum absolute atomic E-state index is 9.43. The Hall–Kier alpha value is -1.44. The minimum absolute atomic E-state index is 0.341. The van der Waals surface area contributed by atoms with Crippen LogP contribution in [0, 0.1) is 24.7 Å². The highest BCUT2D eigenvalue weighted by molar-refractivity contribution is 5.54. The Labute approximate surface area is 109 Å². The van der Waals surface area contributed by atoms with Crippen LogP contribution in [0.1, 0.15) is 25.3 Å². The van der Waals surface area contributed by atoms with E-state index in [1.165, 1.54) is 12.8 Å². The molecule has 0 heterocycles. The smallest absolute Gasteiger partial charge is 0.115 e. The molecule has 1 aromatic rings. The summed E-state index contributed by atoms with van der Waals surface area (Å²) in [6.45, 7) is 4.32. The lowest BCUT2D eigenvalue weighted by atomic mass is 9.87. The van der Waals surface area contributed by atoms with Gasteiger partial charge in [0.15, 0.2) is 0 Å². The van der Waals surface area contributed by atoms with Gasteiger partial charge in [-0.05, 0) is 68.2 Å². The number of aryl methyl sites for hydroxylation is 1. The van der Waals surface area contributed by atoms with Crippen LogP contribution in [0.15, 0.2) is 30.4 Å². The van der Waals surface area contributed by atoms with E-state index in [4.69, 9.17) is 0 Å². The van der Waals surface area contributed by atoms with Gasteiger partial charge in [-0.25, -0.2) is 0 Å². The number of rotatable bonds is 3. The average Bonchev–Trinajstić information content (AvgIpc) is 2.94. The van der Waals surface area contributed by atoms with Crippen LogP contribution in [0.2, 0.25) is 0 Å². The van der Waals surface area contributed by atoms with Crippen LogP contribution in [0.4, 0.5) is 5.69 Å². The third kappa shape index (κ3) is 2.00. The van der Waals surface area contributed by atoms with E-state index in [2.05, 4.69) is 24.4 Å². The summed E-state index contributed by atoms with van der Waals surface area (Å²) in [6, 6.07) is 6.04. The molecule has 0 spiro atoms. The summed E-state index contributed by atoms with van der Waals surface area (Å²) in [4.78, 5) is 0. The van der Waals surface area contributed by atoms with Gasteiger partial charge in [-0.1, -0.05) is 12.2 Å². The Kier molecular flexibility index (Phi) is 2.81. The minimum atomic E-state index is 0.341. The fourth-order valence-electron chi connectivity index (χ4n) is 3.56. The second-order valence-electron chi connectivity index (χ2n) is 5.88. The lowest BCUT2D eigenvalue weighted by Crippen LogP contribution is -2.29. The molecule has 18 heavy (non-hydrogen) atoms. The molecule has 0 aromatic heterocycles. The highest BCUT2D eigenvalue weighted by atomic mass is 16.3. The van der Waals surface area contributed by atoms with Crippen molar-refractivity contribution in [2.45, 2.75) is 32.7 Å². The van der Waals surface area contributed by atoms with Gasteiger partial charge in [0.2, 0.25) is 0 Å². The standard InChI is InChI=1S/C16H21NO/c1-10-7-14(18)5-6-16(10)17-11(2)15-9-12-3-4-13(15)8-12/h3-7,11-13,15,17-18H,8-9H2,1-2H3. The zero-order valence-electron chi connectivity index (χ0n) is 11.1. The van der Waals surface area contributed by atoms with Gasteiger partial charge in [0.1, 0.15) is 5.75 Å². The van der Waals surface area contributed by atoms with Crippen molar-refractivity contribution in [3.05, 3.63) is 35.9 Å². The molecular formula is C16H21NO. The number of aromatic hydroxyl groups is 1. The molecule has 2 aliphatic rings. The zero-order chi connectivity index (χ0) is 12.7. The summed E-state index contributed by atoms with van der Waals surface area (Å²) < 4.78 is 0. The number of hydrogen-bond donors (Lipinski definition) is 2. The predicted octanol–water partition coefficient (Wildman–Crippen LogP) is 3.71. The van der Waals surface area contributed by atoms with Crippen molar-refractivity contribution in [1.29, 1.82) is 0 Å². The number of phenols is 1. The minimum Gasteiger partial charge on any atom is -0.508 e. The predicted molar refractivity (Wildman–Crippen MR) is 74.8 cm³/mol. The van der Waals surface area contributed by atoms with Crippen LogP contribution in [0.5, 0.6) is 5.75 Å². The highest BCUT2D eigenvalue weighted by Gasteiger charge is 2.38. The number of hydrogen-bond acceptors (Lipinski definition) is 2. The molecule has 2 aliphatic carbocycles. The first-order valence-corrected chi connectivity index (χ1v) is 6.88. The van der Waals surface area contributed by atoms with Crippen molar-refractivity contribution in [3.8, 4) is 5.75 Å². The molecule has 0 saturated heterocycles. The van der Waals surface area contributed by atoms with Crippen LogP contribution in [0.25, 0.3) is 0 Å². The van der Waals surface area contributed by atoms with E-state index in [-0.39, 0.29) is 0 Å². The normalized spacial score (nSPS) is 30.7. The van der Waals surface area contributed by atoms with Gasteiger partial charge in [0.05, 0.1) is 0 Å². The largest absolute Gasteiger partial charge is 0.508 e. The molecule has 3 rings (SSSR count). The fraction of sp³-hybridized carbons (Fsp3) is 0.500. The van der Waals surface area contributed by atoms with Crippen molar-refractivity contribution in [2.24, 2.45) is 17.8 Å². The van der Waals surface area contributed by atoms with E-state index in [0.717, 1.165) is 29.0 Å². The molecule has 1 saturated carbocycles. The van der Waals surface area contributed by atoms with Crippen molar-refractivity contribution in [1.82, 2.24) is 0 Å². The van der Waals surface area contributed by atoms with Crippen LogP contribution in [0.3, 0.4) is 0 Å². The molecule has 2 bridgehead atoms. The average molecular weight is 243 g/mol. The topological polar surface area (TPSA) is 32.3 Å². The van der Waals surface area contributed by atoms with E-state index in [1.807, 2.05) is 19.1 Å². The lowest BCUT2D eigenvalue weighted by molar-refractivity contribution is 0.399. The van der Waals surface area contributed by atoms with E-state index < -0.39 is 0 Å². The Morgan fingerprint density at radius 1 is 1.28 bits per heavy atom. The Morgan fingerprint density at radius 2 is 2.11 bits per heavy atom. The van der Waals surface area contributed by atoms with Crippen molar-refractivity contribution < 1.29 is 5.11 Å². The molecule has 2 heteroatoms. The molecule has 96 valence electrons. The first kappa shape index (κ1) is 11.6. The fourth-order valence-corrected chi connectivity index (χ4v) is 3.56. The van der Waals surface area contributed by atoms with Crippen molar-refractivity contribution in [2.75, 3.05) is 5.32 Å². The molecule has 4 unspecified atom stereocenters. The van der Waals surface area contributed by atoms with Gasteiger partial charge in [-0.15, -0.1) is 0 Å². The van der Waals surface area contributed by atoms with Gasteiger partial charge in [-0.2, -0.15) is 0 Å². The number of anilines is 1. The van der Waals surface area contributed by atoms with Crippen LogP contribution in [-0.2, 0) is 0 Å². The molecule has 2 nitrogen and oxygen atoms in total. The van der Waals surface area contributed by atoms with E-state index in [1.54, 1.807) is 6.07 Å². The summed E-state index contributed by atoms with van der Waals surface area (Å²) in [7, 11) is 0. The lowest BCUT2D eigenvalue weighted by Gasteiger charge is -2.27. The Morgan fingerprint density at radius 3 is 2.72 bits per heavy atom. The van der Waals surface area contributed by atoms with Gasteiger partial charge in [-0.3, -0.25) is 0 Å². The Bertz CT molecular complexity index is 480. The van der Waals surface area contributed by atoms with Gasteiger partial charge >= 0.3 is 0 Å². The second-order valence-corrected chi connectivity index (χ2v) is 5.88. The number of fused-ring (bicyclic) bond motifs is 2. The molecule has 0 radical (unpaired) electrons. The summed E-state index contributed by atoms with van der Waals surface area (Å²) in [6.07, 6.45) is 7.47. The van der Waals surface area contributed by atoms with E-state index in [0.29, 0.717) is 11.8 Å².